The summed E-state index contributed by atoms with van der Waals surface area (Å²) in [7, 11) is -8.68. The third-order valence-corrected chi connectivity index (χ3v) is 4.12. The van der Waals surface area contributed by atoms with E-state index in [1.165, 1.54) is 0 Å². The first kappa shape index (κ1) is 21.3. The van der Waals surface area contributed by atoms with E-state index >= 15 is 0 Å². The number of hydrogen-bond donors (Lipinski definition) is 0. The highest BCUT2D eigenvalue weighted by Gasteiger charge is 2.86. The van der Waals surface area contributed by atoms with Crippen LogP contribution >= 0.6 is 0 Å². The molecule has 0 aromatic heterocycles. The van der Waals surface area contributed by atoms with Gasteiger partial charge in [-0.3, -0.25) is 0 Å². The normalized spacial score (nSPS) is 14.4. The highest BCUT2D eigenvalue weighted by Crippen LogP contribution is 2.44. The fourth-order valence-corrected chi connectivity index (χ4v) is 2.37. The Kier molecular flexibility index (Phi) is 5.33. The Hall–Kier alpha value is -1.68. The van der Waals surface area contributed by atoms with Crippen molar-refractivity contribution in [2.24, 2.45) is 0 Å². The topological polar surface area (TPSA) is 52.6 Å². The molecule has 0 amide bonds. The van der Waals surface area contributed by atoms with Gasteiger partial charge >= 0.3 is 44.5 Å². The standard InChI is InChI=1S/C6F12O4Si/c7-3(8,9)1(19)21-23(5(13,14)15,6(16,17)18)22-2(20)4(10,11)12. The lowest BCUT2D eigenvalue weighted by atomic mass is 10.7. The zero-order chi connectivity index (χ0) is 19.1. The van der Waals surface area contributed by atoms with Gasteiger partial charge in [-0.25, -0.2) is 9.59 Å². The molecule has 0 bridgehead atoms. The fourth-order valence-electron chi connectivity index (χ4n) is 0.790. The van der Waals surface area contributed by atoms with Crippen molar-refractivity contribution in [1.29, 1.82) is 0 Å². The van der Waals surface area contributed by atoms with Gasteiger partial charge in [-0.15, -0.1) is 0 Å². The van der Waals surface area contributed by atoms with Crippen molar-refractivity contribution >= 4 is 20.5 Å². The van der Waals surface area contributed by atoms with E-state index in [-0.39, 0.29) is 0 Å². The Bertz CT molecular complexity index is 426. The Morgan fingerprint density at radius 3 is 0.913 bits per heavy atom. The maximum atomic E-state index is 12.4. The molecule has 0 saturated carbocycles. The van der Waals surface area contributed by atoms with Gasteiger partial charge in [-0.05, 0) is 0 Å². The minimum absolute atomic E-state index is 2.18. The van der Waals surface area contributed by atoms with E-state index in [1.807, 2.05) is 0 Å². The molecule has 0 fully saturated rings. The fraction of sp³-hybridized carbons (Fsp3) is 0.667. The first-order chi connectivity index (χ1) is 9.76. The van der Waals surface area contributed by atoms with Gasteiger partial charge in [0.1, 0.15) is 0 Å². The molecule has 0 aliphatic heterocycles. The van der Waals surface area contributed by atoms with Crippen LogP contribution in [-0.4, -0.2) is 44.5 Å². The van der Waals surface area contributed by atoms with E-state index in [9.17, 15) is 62.3 Å². The van der Waals surface area contributed by atoms with Crippen LogP contribution in [0.2, 0.25) is 0 Å². The molecular formula is C6F12O4Si. The highest BCUT2D eigenvalue weighted by atomic mass is 28.4. The second-order valence-corrected chi connectivity index (χ2v) is 6.16. The molecule has 0 radical (unpaired) electrons. The molecule has 4 nitrogen and oxygen atoms in total. The molecule has 0 aromatic rings. The van der Waals surface area contributed by atoms with E-state index in [0.717, 1.165) is 0 Å². The monoisotopic (exact) mass is 392 g/mol. The van der Waals surface area contributed by atoms with Gasteiger partial charge < -0.3 is 8.85 Å². The molecule has 0 aliphatic carbocycles. The van der Waals surface area contributed by atoms with Crippen LogP contribution in [0.5, 0.6) is 0 Å². The zero-order valence-corrected chi connectivity index (χ0v) is 10.7. The number of halogens is 12. The van der Waals surface area contributed by atoms with Gasteiger partial charge in [-0.1, -0.05) is 0 Å². The Morgan fingerprint density at radius 1 is 0.565 bits per heavy atom. The van der Waals surface area contributed by atoms with Crippen LogP contribution in [-0.2, 0) is 18.4 Å². The van der Waals surface area contributed by atoms with Crippen LogP contribution < -0.4 is 0 Å². The van der Waals surface area contributed by atoms with Crippen molar-refractivity contribution in [2.75, 3.05) is 0 Å². The second kappa shape index (κ2) is 5.75. The first-order valence-corrected chi connectivity index (χ1v) is 6.31. The molecule has 23 heavy (non-hydrogen) atoms. The van der Waals surface area contributed by atoms with E-state index < -0.39 is 44.5 Å². The summed E-state index contributed by atoms with van der Waals surface area (Å²) in [4.78, 5) is 20.4. The van der Waals surface area contributed by atoms with E-state index in [4.69, 9.17) is 0 Å². The Labute approximate surface area is 117 Å². The smallest absolute Gasteiger partial charge is 0.468 e. The minimum atomic E-state index is -8.68. The first-order valence-electron chi connectivity index (χ1n) is 4.49. The summed E-state index contributed by atoms with van der Waals surface area (Å²) in [5, 5.41) is 0. The Balaban J connectivity index is 6.15. The number of carbonyl (C=O) groups is 2. The molecule has 0 aliphatic rings. The largest absolute Gasteiger partial charge is 0.689 e. The van der Waals surface area contributed by atoms with Crippen molar-refractivity contribution in [3.63, 3.8) is 0 Å². The molecular weight excluding hydrogens is 392 g/mol. The molecule has 0 saturated heterocycles. The van der Waals surface area contributed by atoms with Crippen LogP contribution in [0.3, 0.4) is 0 Å². The predicted molar refractivity (Wildman–Crippen MR) is 42.2 cm³/mol. The summed E-state index contributed by atoms with van der Waals surface area (Å²) in [6.07, 6.45) is -12.9. The van der Waals surface area contributed by atoms with Crippen LogP contribution in [0.15, 0.2) is 0 Å². The van der Waals surface area contributed by atoms with Crippen molar-refractivity contribution in [1.82, 2.24) is 0 Å². The van der Waals surface area contributed by atoms with Crippen LogP contribution in [0, 0.1) is 0 Å². The summed E-state index contributed by atoms with van der Waals surface area (Å²) in [6.45, 7) is 0. The number of alkyl halides is 12. The lowest BCUT2D eigenvalue weighted by molar-refractivity contribution is -0.220. The molecule has 17 heteroatoms. The second-order valence-electron chi connectivity index (χ2n) is 3.39. The number of hydrogen-bond acceptors (Lipinski definition) is 4. The molecule has 0 N–H and O–H groups in total. The van der Waals surface area contributed by atoms with Crippen molar-refractivity contribution in [3.8, 4) is 0 Å². The average molecular weight is 392 g/mol. The lowest BCUT2D eigenvalue weighted by Crippen LogP contribution is -2.69. The van der Waals surface area contributed by atoms with Crippen molar-refractivity contribution in [2.45, 2.75) is 24.0 Å². The molecule has 136 valence electrons. The zero-order valence-electron chi connectivity index (χ0n) is 9.67. The summed E-state index contributed by atoms with van der Waals surface area (Å²) in [5.41, 5.74) is 0. The maximum absolute atomic E-state index is 12.4. The molecule has 0 unspecified atom stereocenters. The summed E-state index contributed by atoms with van der Waals surface area (Å²) < 4.78 is 150. The van der Waals surface area contributed by atoms with Gasteiger partial charge in [0.15, 0.2) is 0 Å². The van der Waals surface area contributed by atoms with Crippen molar-refractivity contribution in [3.05, 3.63) is 0 Å². The minimum Gasteiger partial charge on any atom is -0.468 e. The number of rotatable bonds is 2. The van der Waals surface area contributed by atoms with E-state index in [0.29, 0.717) is 0 Å². The quantitative estimate of drug-likeness (QED) is 0.536. The van der Waals surface area contributed by atoms with E-state index in [1.54, 1.807) is 0 Å². The lowest BCUT2D eigenvalue weighted by Gasteiger charge is -2.32. The summed E-state index contributed by atoms with van der Waals surface area (Å²) >= 11 is 0. The van der Waals surface area contributed by atoms with Crippen LogP contribution in [0.25, 0.3) is 0 Å². The third-order valence-electron chi connectivity index (χ3n) is 1.68. The van der Waals surface area contributed by atoms with Crippen LogP contribution in [0.1, 0.15) is 0 Å². The van der Waals surface area contributed by atoms with Gasteiger partial charge in [0, 0.05) is 0 Å². The van der Waals surface area contributed by atoms with Gasteiger partial charge in [0.2, 0.25) is 0 Å². The van der Waals surface area contributed by atoms with Gasteiger partial charge in [-0.2, -0.15) is 52.7 Å². The molecule has 0 heterocycles. The summed E-state index contributed by atoms with van der Waals surface area (Å²) in [5.74, 6) is -22.4. The molecule has 0 rings (SSSR count). The van der Waals surface area contributed by atoms with Gasteiger partial charge in [0.05, 0.1) is 0 Å². The predicted octanol–water partition coefficient (Wildman–Crippen LogP) is 2.84. The van der Waals surface area contributed by atoms with Crippen molar-refractivity contribution < 1.29 is 71.1 Å². The molecule has 0 spiro atoms. The Morgan fingerprint density at radius 2 is 0.783 bits per heavy atom. The SMILES string of the molecule is O=C(O[Si](OC(=O)C(F)(F)F)(C(F)(F)F)C(F)(F)F)C(F)(F)F. The van der Waals surface area contributed by atoms with Crippen LogP contribution in [0.4, 0.5) is 52.7 Å². The van der Waals surface area contributed by atoms with Gasteiger partial charge in [0.25, 0.3) is 0 Å². The third kappa shape index (κ3) is 4.64. The maximum Gasteiger partial charge on any atom is 0.689 e. The van der Waals surface area contributed by atoms with E-state index in [2.05, 4.69) is 8.85 Å². The average Bonchev–Trinajstić information content (AvgIpc) is 2.21. The molecule has 0 atom stereocenters. The summed E-state index contributed by atoms with van der Waals surface area (Å²) in [6, 6.07) is 0. The number of carbonyl (C=O) groups excluding carboxylic acids is 2. The molecule has 0 aromatic carbocycles. The highest BCUT2D eigenvalue weighted by molar-refractivity contribution is 6.74.